The molecule has 1 heterocycles. The Hall–Kier alpha value is -1.09. The highest BCUT2D eigenvalue weighted by Crippen LogP contribution is 2.26. The molecule has 0 saturated heterocycles. The van der Waals surface area contributed by atoms with Gasteiger partial charge in [0.25, 0.3) is 0 Å². The first-order valence-corrected chi connectivity index (χ1v) is 7.97. The quantitative estimate of drug-likeness (QED) is 0.861. The molecule has 3 heteroatoms. The van der Waals surface area contributed by atoms with E-state index >= 15 is 0 Å². The van der Waals surface area contributed by atoms with Gasteiger partial charge in [-0.2, -0.15) is 0 Å². The second-order valence-electron chi connectivity index (χ2n) is 6.48. The largest absolute Gasteiger partial charge is 0.359 e. The van der Waals surface area contributed by atoms with E-state index in [1.54, 1.807) is 0 Å². The summed E-state index contributed by atoms with van der Waals surface area (Å²) < 4.78 is 0. The van der Waals surface area contributed by atoms with Crippen molar-refractivity contribution >= 4 is 5.82 Å². The van der Waals surface area contributed by atoms with Crippen molar-refractivity contribution in [2.24, 2.45) is 5.92 Å². The van der Waals surface area contributed by atoms with Crippen molar-refractivity contribution in [3.05, 3.63) is 23.4 Å². The lowest BCUT2D eigenvalue weighted by Crippen LogP contribution is -2.26. The lowest BCUT2D eigenvalue weighted by molar-refractivity contribution is 0.544. The summed E-state index contributed by atoms with van der Waals surface area (Å²) in [4.78, 5) is 7.10. The van der Waals surface area contributed by atoms with E-state index < -0.39 is 0 Å². The minimum absolute atomic E-state index is 0.513. The van der Waals surface area contributed by atoms with Gasteiger partial charge in [0.15, 0.2) is 0 Å². The molecule has 0 unspecified atom stereocenters. The molecule has 1 aliphatic carbocycles. The average Bonchev–Trinajstić information content (AvgIpc) is 2.89. The summed E-state index contributed by atoms with van der Waals surface area (Å²) in [7, 11) is 2.17. The zero-order valence-electron chi connectivity index (χ0n) is 13.4. The topological polar surface area (TPSA) is 28.2 Å². The Morgan fingerprint density at radius 2 is 2.00 bits per heavy atom. The lowest BCUT2D eigenvalue weighted by Gasteiger charge is -2.23. The van der Waals surface area contributed by atoms with E-state index in [2.05, 4.69) is 50.2 Å². The third-order valence-corrected chi connectivity index (χ3v) is 4.28. The minimum atomic E-state index is 0.513. The highest BCUT2D eigenvalue weighted by Gasteiger charge is 2.17. The number of hydrogen-bond donors (Lipinski definition) is 1. The van der Waals surface area contributed by atoms with E-state index in [9.17, 15) is 0 Å². The average molecular weight is 275 g/mol. The predicted molar refractivity (Wildman–Crippen MR) is 86.2 cm³/mol. The highest BCUT2D eigenvalue weighted by atomic mass is 15.2. The first-order chi connectivity index (χ1) is 9.56. The van der Waals surface area contributed by atoms with E-state index in [1.165, 1.54) is 31.2 Å². The molecule has 112 valence electrons. The molecule has 20 heavy (non-hydrogen) atoms. The molecule has 0 amide bonds. The molecular formula is C17H29N3. The van der Waals surface area contributed by atoms with Crippen molar-refractivity contribution in [3.63, 3.8) is 0 Å². The smallest absolute Gasteiger partial charge is 0.128 e. The molecule has 0 radical (unpaired) electrons. The van der Waals surface area contributed by atoms with Gasteiger partial charge in [-0.3, -0.25) is 0 Å². The van der Waals surface area contributed by atoms with E-state index in [0.29, 0.717) is 6.04 Å². The zero-order valence-corrected chi connectivity index (χ0v) is 13.4. The summed E-state index contributed by atoms with van der Waals surface area (Å²) >= 11 is 0. The molecule has 2 rings (SSSR count). The summed E-state index contributed by atoms with van der Waals surface area (Å²) in [6.45, 7) is 8.52. The van der Waals surface area contributed by atoms with Crippen LogP contribution in [-0.2, 0) is 6.54 Å². The monoisotopic (exact) mass is 275 g/mol. The van der Waals surface area contributed by atoms with Crippen molar-refractivity contribution in [2.75, 3.05) is 18.5 Å². The molecule has 1 N–H and O–H groups in total. The van der Waals surface area contributed by atoms with Gasteiger partial charge in [-0.25, -0.2) is 4.98 Å². The molecule has 0 aliphatic heterocycles. The molecule has 1 aliphatic rings. The molecule has 0 atom stereocenters. The van der Waals surface area contributed by atoms with Gasteiger partial charge in [0.05, 0.1) is 0 Å². The van der Waals surface area contributed by atoms with Gasteiger partial charge >= 0.3 is 0 Å². The number of aromatic nitrogens is 1. The van der Waals surface area contributed by atoms with Crippen LogP contribution in [0.25, 0.3) is 0 Å². The Bertz CT molecular complexity index is 422. The summed E-state index contributed by atoms with van der Waals surface area (Å²) in [5.74, 6) is 1.98. The molecule has 1 aromatic heterocycles. The van der Waals surface area contributed by atoms with Crippen molar-refractivity contribution in [1.82, 2.24) is 10.3 Å². The molecule has 0 spiro atoms. The first kappa shape index (κ1) is 15.3. The van der Waals surface area contributed by atoms with Crippen LogP contribution >= 0.6 is 0 Å². The van der Waals surface area contributed by atoms with E-state index in [4.69, 9.17) is 4.98 Å². The molecule has 1 aromatic rings. The van der Waals surface area contributed by atoms with Gasteiger partial charge in [-0.05, 0) is 37.3 Å². The maximum atomic E-state index is 4.78. The summed E-state index contributed by atoms with van der Waals surface area (Å²) in [5, 5.41) is 3.46. The summed E-state index contributed by atoms with van der Waals surface area (Å²) in [5.41, 5.74) is 2.45. The number of nitrogens with zero attached hydrogens (tertiary/aromatic N) is 2. The molecule has 0 aromatic carbocycles. The Balaban J connectivity index is 1.96. The Morgan fingerprint density at radius 3 is 2.60 bits per heavy atom. The third kappa shape index (κ3) is 4.20. The SMILES string of the molecule is Cc1nc(N(C)CC2CCCC2)ccc1CNC(C)C. The second kappa shape index (κ2) is 7.07. The maximum Gasteiger partial charge on any atom is 0.128 e. The van der Waals surface area contributed by atoms with E-state index in [1.807, 2.05) is 0 Å². The van der Waals surface area contributed by atoms with Gasteiger partial charge in [0.1, 0.15) is 5.82 Å². The van der Waals surface area contributed by atoms with Crippen LogP contribution in [-0.4, -0.2) is 24.6 Å². The van der Waals surface area contributed by atoms with Crippen LogP contribution in [0.3, 0.4) is 0 Å². The van der Waals surface area contributed by atoms with Crippen LogP contribution in [0.5, 0.6) is 0 Å². The second-order valence-corrected chi connectivity index (χ2v) is 6.48. The van der Waals surface area contributed by atoms with Crippen LogP contribution in [0, 0.1) is 12.8 Å². The standard InChI is InChI=1S/C17H29N3/c1-13(2)18-11-16-9-10-17(19-14(16)3)20(4)12-15-7-5-6-8-15/h9-10,13,15,18H,5-8,11-12H2,1-4H3. The number of nitrogens with one attached hydrogen (secondary N) is 1. The summed E-state index contributed by atoms with van der Waals surface area (Å²) in [6.07, 6.45) is 5.59. The van der Waals surface area contributed by atoms with Gasteiger partial charge in [0.2, 0.25) is 0 Å². The van der Waals surface area contributed by atoms with E-state index in [0.717, 1.165) is 30.5 Å². The molecular weight excluding hydrogens is 246 g/mol. The van der Waals surface area contributed by atoms with Crippen LogP contribution in [0.2, 0.25) is 0 Å². The number of hydrogen-bond acceptors (Lipinski definition) is 3. The van der Waals surface area contributed by atoms with E-state index in [-0.39, 0.29) is 0 Å². The number of anilines is 1. The van der Waals surface area contributed by atoms with Gasteiger partial charge in [-0.1, -0.05) is 32.8 Å². The fourth-order valence-corrected chi connectivity index (χ4v) is 2.96. The highest BCUT2D eigenvalue weighted by molar-refractivity contribution is 5.41. The van der Waals surface area contributed by atoms with Crippen LogP contribution in [0.1, 0.15) is 50.8 Å². The molecule has 1 saturated carbocycles. The van der Waals surface area contributed by atoms with Crippen molar-refractivity contribution in [1.29, 1.82) is 0 Å². The van der Waals surface area contributed by atoms with Gasteiger partial charge < -0.3 is 10.2 Å². The van der Waals surface area contributed by atoms with Gasteiger partial charge in [-0.15, -0.1) is 0 Å². The number of rotatable bonds is 6. The first-order valence-electron chi connectivity index (χ1n) is 7.97. The Kier molecular flexibility index (Phi) is 5.41. The number of aryl methyl sites for hydroxylation is 1. The van der Waals surface area contributed by atoms with Crippen molar-refractivity contribution in [2.45, 2.75) is 59.0 Å². The predicted octanol–water partition coefficient (Wildman–Crippen LogP) is 3.51. The van der Waals surface area contributed by atoms with Crippen LogP contribution in [0.4, 0.5) is 5.82 Å². The Morgan fingerprint density at radius 1 is 1.30 bits per heavy atom. The fraction of sp³-hybridized carbons (Fsp3) is 0.706. The molecule has 0 bridgehead atoms. The van der Waals surface area contributed by atoms with Crippen molar-refractivity contribution < 1.29 is 0 Å². The summed E-state index contributed by atoms with van der Waals surface area (Å²) in [6, 6.07) is 4.90. The van der Waals surface area contributed by atoms with Crippen molar-refractivity contribution in [3.8, 4) is 0 Å². The fourth-order valence-electron chi connectivity index (χ4n) is 2.96. The van der Waals surface area contributed by atoms with Crippen LogP contribution < -0.4 is 10.2 Å². The zero-order chi connectivity index (χ0) is 14.5. The third-order valence-electron chi connectivity index (χ3n) is 4.28. The maximum absolute atomic E-state index is 4.78. The molecule has 3 nitrogen and oxygen atoms in total. The number of pyridine rings is 1. The minimum Gasteiger partial charge on any atom is -0.359 e. The Labute approximate surface area is 123 Å². The van der Waals surface area contributed by atoms with Gasteiger partial charge in [0, 0.05) is 31.9 Å². The lowest BCUT2D eigenvalue weighted by atomic mass is 10.1. The normalized spacial score (nSPS) is 16.1. The molecule has 1 fully saturated rings. The van der Waals surface area contributed by atoms with Crippen LogP contribution in [0.15, 0.2) is 12.1 Å².